The lowest BCUT2D eigenvalue weighted by Crippen LogP contribution is -2.01. The maximum Gasteiger partial charge on any atom is 0.295 e. The van der Waals surface area contributed by atoms with Gasteiger partial charge in [-0.15, -0.1) is 11.8 Å². The molecule has 23 heavy (non-hydrogen) atoms. The second-order valence-electron chi connectivity index (χ2n) is 4.89. The molecule has 0 spiro atoms. The van der Waals surface area contributed by atoms with Crippen LogP contribution in [-0.4, -0.2) is 27.2 Å². The van der Waals surface area contributed by atoms with Gasteiger partial charge in [0.1, 0.15) is 16.4 Å². The molecule has 0 aromatic heterocycles. The summed E-state index contributed by atoms with van der Waals surface area (Å²) in [6.45, 7) is 1.87. The normalized spacial score (nSPS) is 11.3. The van der Waals surface area contributed by atoms with Gasteiger partial charge in [-0.05, 0) is 30.7 Å². The van der Waals surface area contributed by atoms with Gasteiger partial charge < -0.3 is 9.47 Å². The molecule has 5 nitrogen and oxygen atoms in total. The van der Waals surface area contributed by atoms with Crippen LogP contribution in [0.3, 0.4) is 0 Å². The molecule has 0 unspecified atom stereocenters. The molecule has 0 fully saturated rings. The average molecular weight is 354 g/mol. The lowest BCUT2D eigenvalue weighted by Gasteiger charge is -2.12. The molecule has 0 amide bonds. The number of hydrogen-bond donors (Lipinski definition) is 1. The molecule has 124 valence electrons. The molecular formula is C16H18O5S2. The predicted molar refractivity (Wildman–Crippen MR) is 90.1 cm³/mol. The predicted octanol–water partition coefficient (Wildman–Crippen LogP) is 3.55. The first kappa shape index (κ1) is 17.7. The van der Waals surface area contributed by atoms with E-state index in [9.17, 15) is 13.0 Å². The van der Waals surface area contributed by atoms with Crippen molar-refractivity contribution in [1.29, 1.82) is 0 Å². The van der Waals surface area contributed by atoms with E-state index in [1.807, 2.05) is 19.1 Å². The largest absolute Gasteiger partial charge is 0.497 e. The van der Waals surface area contributed by atoms with Crippen LogP contribution in [-0.2, 0) is 15.9 Å². The van der Waals surface area contributed by atoms with Crippen LogP contribution in [0.1, 0.15) is 11.1 Å². The zero-order valence-electron chi connectivity index (χ0n) is 13.1. The van der Waals surface area contributed by atoms with Gasteiger partial charge in [0.25, 0.3) is 10.1 Å². The Bertz CT molecular complexity index is 800. The molecule has 0 heterocycles. The minimum absolute atomic E-state index is 0.0828. The maximum atomic E-state index is 11.5. The third-order valence-electron chi connectivity index (χ3n) is 3.25. The van der Waals surface area contributed by atoms with E-state index in [1.54, 1.807) is 32.4 Å². The number of hydrogen-bond acceptors (Lipinski definition) is 5. The monoisotopic (exact) mass is 354 g/mol. The van der Waals surface area contributed by atoms with Gasteiger partial charge in [-0.3, -0.25) is 4.55 Å². The summed E-state index contributed by atoms with van der Waals surface area (Å²) in [6.07, 6.45) is 0. The lowest BCUT2D eigenvalue weighted by atomic mass is 10.2. The summed E-state index contributed by atoms with van der Waals surface area (Å²) in [7, 11) is -1.11. The number of benzene rings is 2. The Labute approximate surface area is 140 Å². The molecule has 0 bridgehead atoms. The highest BCUT2D eigenvalue weighted by molar-refractivity contribution is 7.99. The summed E-state index contributed by atoms with van der Waals surface area (Å²) >= 11 is 1.32. The molecule has 2 aromatic carbocycles. The van der Waals surface area contributed by atoms with Crippen molar-refractivity contribution in [3.05, 3.63) is 47.5 Å². The molecule has 0 saturated heterocycles. The van der Waals surface area contributed by atoms with E-state index >= 15 is 0 Å². The van der Waals surface area contributed by atoms with Crippen molar-refractivity contribution in [1.82, 2.24) is 0 Å². The summed E-state index contributed by atoms with van der Waals surface area (Å²) in [6, 6.07) is 10.3. The van der Waals surface area contributed by atoms with Crippen molar-refractivity contribution in [2.75, 3.05) is 14.2 Å². The highest BCUT2D eigenvalue weighted by atomic mass is 32.2. The van der Waals surface area contributed by atoms with Crippen molar-refractivity contribution < 1.29 is 22.4 Å². The fourth-order valence-electron chi connectivity index (χ4n) is 2.07. The van der Waals surface area contributed by atoms with Gasteiger partial charge >= 0.3 is 0 Å². The third-order valence-corrected chi connectivity index (χ3v) is 5.40. The molecule has 1 N–H and O–H groups in total. The van der Waals surface area contributed by atoms with E-state index in [2.05, 4.69) is 0 Å². The fourth-order valence-corrected chi connectivity index (χ4v) is 4.14. The van der Waals surface area contributed by atoms with E-state index in [1.165, 1.54) is 17.8 Å². The molecule has 2 rings (SSSR count). The van der Waals surface area contributed by atoms with Crippen LogP contribution in [0.5, 0.6) is 11.5 Å². The molecule has 2 aromatic rings. The number of aryl methyl sites for hydroxylation is 1. The highest BCUT2D eigenvalue weighted by Crippen LogP contribution is 2.34. The highest BCUT2D eigenvalue weighted by Gasteiger charge is 2.16. The fraction of sp³-hybridized carbons (Fsp3) is 0.250. The minimum atomic E-state index is -4.25. The van der Waals surface area contributed by atoms with Crippen molar-refractivity contribution in [3.63, 3.8) is 0 Å². The topological polar surface area (TPSA) is 72.8 Å². The van der Waals surface area contributed by atoms with Crippen LogP contribution in [0.4, 0.5) is 0 Å². The van der Waals surface area contributed by atoms with Crippen LogP contribution < -0.4 is 9.47 Å². The summed E-state index contributed by atoms with van der Waals surface area (Å²) in [5.74, 6) is 1.85. The van der Waals surface area contributed by atoms with Crippen molar-refractivity contribution in [3.8, 4) is 11.5 Å². The first-order valence-corrected chi connectivity index (χ1v) is 9.19. The van der Waals surface area contributed by atoms with Crippen molar-refractivity contribution >= 4 is 21.9 Å². The van der Waals surface area contributed by atoms with Crippen LogP contribution >= 0.6 is 11.8 Å². The molecular weight excluding hydrogens is 336 g/mol. The van der Waals surface area contributed by atoms with Gasteiger partial charge in [-0.2, -0.15) is 8.42 Å². The van der Waals surface area contributed by atoms with E-state index in [4.69, 9.17) is 9.47 Å². The quantitative estimate of drug-likeness (QED) is 0.632. The van der Waals surface area contributed by atoms with Crippen LogP contribution in [0.15, 0.2) is 46.2 Å². The summed E-state index contributed by atoms with van der Waals surface area (Å²) in [5.41, 5.74) is 1.82. The second kappa shape index (κ2) is 7.25. The molecule has 7 heteroatoms. The summed E-state index contributed by atoms with van der Waals surface area (Å²) in [4.78, 5) is 0.422. The van der Waals surface area contributed by atoms with E-state index in [-0.39, 0.29) is 4.90 Å². The Morgan fingerprint density at radius 2 is 1.83 bits per heavy atom. The van der Waals surface area contributed by atoms with Gasteiger partial charge in [0.15, 0.2) is 0 Å². The van der Waals surface area contributed by atoms with E-state index in [0.717, 1.165) is 11.1 Å². The van der Waals surface area contributed by atoms with Gasteiger partial charge in [0.2, 0.25) is 0 Å². The first-order valence-electron chi connectivity index (χ1n) is 6.77. The third kappa shape index (κ3) is 4.40. The molecule has 0 saturated carbocycles. The molecule has 0 aliphatic carbocycles. The van der Waals surface area contributed by atoms with Crippen LogP contribution in [0, 0.1) is 6.92 Å². The van der Waals surface area contributed by atoms with Crippen LogP contribution in [0.25, 0.3) is 0 Å². The Morgan fingerprint density at radius 3 is 2.43 bits per heavy atom. The van der Waals surface area contributed by atoms with Gasteiger partial charge in [0, 0.05) is 22.3 Å². The minimum Gasteiger partial charge on any atom is -0.497 e. The van der Waals surface area contributed by atoms with Gasteiger partial charge in [0.05, 0.1) is 14.2 Å². The van der Waals surface area contributed by atoms with E-state index in [0.29, 0.717) is 22.1 Å². The Hall–Kier alpha value is -1.70. The molecule has 0 aliphatic rings. The van der Waals surface area contributed by atoms with E-state index < -0.39 is 10.1 Å². The standard InChI is InChI=1S/C16H18O5S2/c1-11-4-7-16(23(17,18)19)15(8-11)22-10-12-5-6-13(20-2)9-14(12)21-3/h4-9H,10H2,1-3H3,(H,17,18,19). The number of rotatable bonds is 6. The van der Waals surface area contributed by atoms with Gasteiger partial charge in [-0.25, -0.2) is 0 Å². The van der Waals surface area contributed by atoms with Crippen molar-refractivity contribution in [2.24, 2.45) is 0 Å². The zero-order valence-corrected chi connectivity index (χ0v) is 14.7. The average Bonchev–Trinajstić information content (AvgIpc) is 2.51. The van der Waals surface area contributed by atoms with Crippen LogP contribution in [0.2, 0.25) is 0 Å². The zero-order chi connectivity index (χ0) is 17.0. The maximum absolute atomic E-state index is 11.5. The molecule has 0 aliphatic heterocycles. The smallest absolute Gasteiger partial charge is 0.295 e. The first-order chi connectivity index (χ1) is 10.8. The molecule has 0 atom stereocenters. The summed E-state index contributed by atoms with van der Waals surface area (Å²) in [5, 5.41) is 0. The lowest BCUT2D eigenvalue weighted by molar-refractivity contribution is 0.392. The Kier molecular flexibility index (Phi) is 5.56. The Morgan fingerprint density at radius 1 is 1.09 bits per heavy atom. The number of thioether (sulfide) groups is 1. The van der Waals surface area contributed by atoms with Crippen molar-refractivity contribution in [2.45, 2.75) is 22.5 Å². The summed E-state index contributed by atoms with van der Waals surface area (Å²) < 4.78 is 42.8. The second-order valence-corrected chi connectivity index (χ2v) is 7.30. The molecule has 0 radical (unpaired) electrons. The number of methoxy groups -OCH3 is 2. The SMILES string of the molecule is COc1ccc(CSc2cc(C)ccc2S(=O)(=O)O)c(OC)c1. The number of ether oxygens (including phenoxy) is 2. The van der Waals surface area contributed by atoms with Gasteiger partial charge in [-0.1, -0.05) is 12.1 Å². The Balaban J connectivity index is 2.30.